The summed E-state index contributed by atoms with van der Waals surface area (Å²) >= 11 is 0. The number of hydrogen-bond donors (Lipinski definition) is 2. The average Bonchev–Trinajstić information content (AvgIpc) is 2.69. The van der Waals surface area contributed by atoms with Crippen molar-refractivity contribution >= 4 is 27.3 Å². The molecule has 0 spiro atoms. The number of para-hydroxylation sites is 1. The van der Waals surface area contributed by atoms with Gasteiger partial charge in [-0.1, -0.05) is 42.5 Å². The molecule has 0 fully saturated rings. The van der Waals surface area contributed by atoms with Crippen LogP contribution in [0.5, 0.6) is 5.75 Å². The van der Waals surface area contributed by atoms with Crippen LogP contribution < -0.4 is 14.8 Å². The Kier molecular flexibility index (Phi) is 5.96. The molecule has 1 amide bonds. The summed E-state index contributed by atoms with van der Waals surface area (Å²) in [5.74, 6) is 0.251. The zero-order chi connectivity index (χ0) is 20.0. The minimum atomic E-state index is -3.70. The standard InChI is InChI=1S/C21H20N2O4S/c1-16(27-19-11-4-2-5-12-19)21(24)22-17-9-8-10-18(15-17)23-28(25,26)20-13-6-3-7-14-20/h2-16,23H,1H3,(H,22,24)/t16-/m1/s1. The molecule has 0 aromatic heterocycles. The second kappa shape index (κ2) is 8.58. The lowest BCUT2D eigenvalue weighted by molar-refractivity contribution is -0.122. The molecule has 28 heavy (non-hydrogen) atoms. The first-order valence-electron chi connectivity index (χ1n) is 8.64. The summed E-state index contributed by atoms with van der Waals surface area (Å²) in [5, 5.41) is 2.73. The van der Waals surface area contributed by atoms with Gasteiger partial charge in [0.25, 0.3) is 15.9 Å². The Bertz CT molecular complexity index is 1040. The van der Waals surface area contributed by atoms with Crippen molar-refractivity contribution in [1.29, 1.82) is 0 Å². The third-order valence-electron chi connectivity index (χ3n) is 3.86. The summed E-state index contributed by atoms with van der Waals surface area (Å²) in [4.78, 5) is 12.5. The summed E-state index contributed by atoms with van der Waals surface area (Å²) in [6, 6.07) is 23.6. The molecule has 3 aromatic rings. The normalized spacial score (nSPS) is 12.0. The fraction of sp³-hybridized carbons (Fsp3) is 0.0952. The van der Waals surface area contributed by atoms with Crippen molar-refractivity contribution < 1.29 is 17.9 Å². The van der Waals surface area contributed by atoms with Gasteiger partial charge in [-0.15, -0.1) is 0 Å². The summed E-state index contributed by atoms with van der Waals surface area (Å²) in [6.07, 6.45) is -0.716. The summed E-state index contributed by atoms with van der Waals surface area (Å²) in [6.45, 7) is 1.64. The number of carbonyl (C=O) groups excluding carboxylic acids is 1. The van der Waals surface area contributed by atoms with Gasteiger partial charge in [-0.25, -0.2) is 8.42 Å². The smallest absolute Gasteiger partial charge is 0.265 e. The van der Waals surface area contributed by atoms with E-state index in [-0.39, 0.29) is 10.8 Å². The zero-order valence-electron chi connectivity index (χ0n) is 15.2. The lowest BCUT2D eigenvalue weighted by Gasteiger charge is -2.15. The first kappa shape index (κ1) is 19.4. The molecule has 3 rings (SSSR count). The fourth-order valence-corrected chi connectivity index (χ4v) is 3.55. The van der Waals surface area contributed by atoms with Gasteiger partial charge in [-0.2, -0.15) is 0 Å². The Labute approximate surface area is 164 Å². The lowest BCUT2D eigenvalue weighted by Crippen LogP contribution is -2.30. The summed E-state index contributed by atoms with van der Waals surface area (Å²) < 4.78 is 33.0. The first-order valence-corrected chi connectivity index (χ1v) is 10.1. The minimum Gasteiger partial charge on any atom is -0.481 e. The van der Waals surface area contributed by atoms with E-state index < -0.39 is 16.1 Å². The second-order valence-electron chi connectivity index (χ2n) is 6.06. The van der Waals surface area contributed by atoms with E-state index in [4.69, 9.17) is 4.74 Å². The van der Waals surface area contributed by atoms with E-state index in [0.717, 1.165) is 0 Å². The van der Waals surface area contributed by atoms with Crippen LogP contribution in [0.2, 0.25) is 0 Å². The molecule has 144 valence electrons. The maximum absolute atomic E-state index is 12.4. The van der Waals surface area contributed by atoms with E-state index >= 15 is 0 Å². The number of amides is 1. The molecule has 6 nitrogen and oxygen atoms in total. The molecule has 0 radical (unpaired) electrons. The summed E-state index contributed by atoms with van der Waals surface area (Å²) in [7, 11) is -3.70. The molecule has 0 saturated carbocycles. The number of carbonyl (C=O) groups is 1. The number of rotatable bonds is 7. The maximum Gasteiger partial charge on any atom is 0.265 e. The van der Waals surface area contributed by atoms with Crippen molar-refractivity contribution in [3.05, 3.63) is 84.9 Å². The predicted molar refractivity (Wildman–Crippen MR) is 109 cm³/mol. The monoisotopic (exact) mass is 396 g/mol. The number of nitrogens with one attached hydrogen (secondary N) is 2. The maximum atomic E-state index is 12.4. The van der Waals surface area contributed by atoms with E-state index in [2.05, 4.69) is 10.0 Å². The van der Waals surface area contributed by atoms with Crippen molar-refractivity contribution in [1.82, 2.24) is 0 Å². The molecular formula is C21H20N2O4S. The quantitative estimate of drug-likeness (QED) is 0.634. The molecule has 3 aromatic carbocycles. The second-order valence-corrected chi connectivity index (χ2v) is 7.74. The predicted octanol–water partition coefficient (Wildman–Crippen LogP) is 3.89. The van der Waals surface area contributed by atoms with Crippen LogP contribution in [0.25, 0.3) is 0 Å². The Morgan fingerprint density at radius 1 is 0.857 bits per heavy atom. The molecule has 7 heteroatoms. The van der Waals surface area contributed by atoms with Crippen molar-refractivity contribution in [3.8, 4) is 5.75 Å². The Hall–Kier alpha value is -3.32. The van der Waals surface area contributed by atoms with E-state index in [9.17, 15) is 13.2 Å². The Morgan fingerprint density at radius 2 is 1.46 bits per heavy atom. The fourth-order valence-electron chi connectivity index (χ4n) is 2.47. The van der Waals surface area contributed by atoms with Crippen LogP contribution in [0.15, 0.2) is 89.8 Å². The van der Waals surface area contributed by atoms with Gasteiger partial charge in [0.05, 0.1) is 10.6 Å². The van der Waals surface area contributed by atoms with E-state index in [1.54, 1.807) is 61.5 Å². The molecule has 0 heterocycles. The molecule has 2 N–H and O–H groups in total. The SMILES string of the molecule is C[C@@H](Oc1ccccc1)C(=O)Nc1cccc(NS(=O)(=O)c2ccccc2)c1. The highest BCUT2D eigenvalue weighted by Crippen LogP contribution is 2.20. The molecular weight excluding hydrogens is 376 g/mol. The van der Waals surface area contributed by atoms with Gasteiger partial charge in [-0.05, 0) is 49.4 Å². The van der Waals surface area contributed by atoms with Crippen molar-refractivity contribution in [2.45, 2.75) is 17.9 Å². The number of sulfonamides is 1. The molecule has 0 aliphatic carbocycles. The first-order chi connectivity index (χ1) is 13.4. The molecule has 0 unspecified atom stereocenters. The highest BCUT2D eigenvalue weighted by Gasteiger charge is 2.16. The van der Waals surface area contributed by atoms with Crippen molar-refractivity contribution in [3.63, 3.8) is 0 Å². The van der Waals surface area contributed by atoms with E-state index in [1.807, 2.05) is 18.2 Å². The van der Waals surface area contributed by atoms with Crippen LogP contribution in [0, 0.1) is 0 Å². The van der Waals surface area contributed by atoms with Gasteiger partial charge in [0.2, 0.25) is 0 Å². The number of hydrogen-bond acceptors (Lipinski definition) is 4. The largest absolute Gasteiger partial charge is 0.481 e. The van der Waals surface area contributed by atoms with E-state index in [0.29, 0.717) is 17.1 Å². The van der Waals surface area contributed by atoms with Crippen LogP contribution >= 0.6 is 0 Å². The van der Waals surface area contributed by atoms with Gasteiger partial charge in [0.1, 0.15) is 5.75 Å². The third-order valence-corrected chi connectivity index (χ3v) is 5.26. The summed E-state index contributed by atoms with van der Waals surface area (Å²) in [5.41, 5.74) is 0.806. The Balaban J connectivity index is 1.67. The topological polar surface area (TPSA) is 84.5 Å². The highest BCUT2D eigenvalue weighted by molar-refractivity contribution is 7.92. The molecule has 0 saturated heterocycles. The lowest BCUT2D eigenvalue weighted by atomic mass is 10.2. The minimum absolute atomic E-state index is 0.161. The van der Waals surface area contributed by atoms with Gasteiger partial charge < -0.3 is 10.1 Å². The van der Waals surface area contributed by atoms with E-state index in [1.165, 1.54) is 12.1 Å². The molecule has 0 aliphatic rings. The molecule has 0 bridgehead atoms. The molecule has 0 aliphatic heterocycles. The number of benzene rings is 3. The van der Waals surface area contributed by atoms with Crippen LogP contribution in [-0.2, 0) is 14.8 Å². The number of anilines is 2. The van der Waals surface area contributed by atoms with Gasteiger partial charge in [-0.3, -0.25) is 9.52 Å². The highest BCUT2D eigenvalue weighted by atomic mass is 32.2. The van der Waals surface area contributed by atoms with Gasteiger partial charge in [0, 0.05) is 5.69 Å². The zero-order valence-corrected chi connectivity index (χ0v) is 16.0. The van der Waals surface area contributed by atoms with Crippen LogP contribution in [0.1, 0.15) is 6.92 Å². The Morgan fingerprint density at radius 3 is 2.14 bits per heavy atom. The van der Waals surface area contributed by atoms with Crippen LogP contribution in [0.4, 0.5) is 11.4 Å². The van der Waals surface area contributed by atoms with Crippen molar-refractivity contribution in [2.24, 2.45) is 0 Å². The third kappa shape index (κ3) is 5.11. The number of ether oxygens (including phenoxy) is 1. The van der Waals surface area contributed by atoms with Gasteiger partial charge in [0.15, 0.2) is 6.10 Å². The molecule has 1 atom stereocenters. The van der Waals surface area contributed by atoms with Crippen LogP contribution in [-0.4, -0.2) is 20.4 Å². The van der Waals surface area contributed by atoms with Crippen molar-refractivity contribution in [2.75, 3.05) is 10.0 Å². The van der Waals surface area contributed by atoms with Crippen LogP contribution in [0.3, 0.4) is 0 Å². The average molecular weight is 396 g/mol. The van der Waals surface area contributed by atoms with Gasteiger partial charge >= 0.3 is 0 Å².